The number of methoxy groups -OCH3 is 1. The largest absolute Gasteiger partial charge is 0.382 e. The molecule has 0 unspecified atom stereocenters. The zero-order valence-electron chi connectivity index (χ0n) is 11.2. The first kappa shape index (κ1) is 15.1. The third kappa shape index (κ3) is 6.14. The monoisotopic (exact) mass is 271 g/mol. The molecule has 1 aromatic rings. The predicted octanol–water partition coefficient (Wildman–Crippen LogP) is 1.77. The van der Waals surface area contributed by atoms with Gasteiger partial charge in [0.1, 0.15) is 6.61 Å². The normalized spacial score (nSPS) is 12.4. The Kier molecular flexibility index (Phi) is 6.93. The van der Waals surface area contributed by atoms with E-state index in [0.29, 0.717) is 13.2 Å². The Balaban J connectivity index is 2.19. The van der Waals surface area contributed by atoms with Crippen molar-refractivity contribution in [2.24, 2.45) is 0 Å². The first-order chi connectivity index (χ1) is 8.61. The highest BCUT2D eigenvalue weighted by Crippen LogP contribution is 2.16. The van der Waals surface area contributed by atoms with Gasteiger partial charge in [-0.3, -0.25) is 4.79 Å². The van der Waals surface area contributed by atoms with Crippen LogP contribution in [0.4, 0.5) is 0 Å². The molecule has 0 aliphatic rings. The Morgan fingerprint density at radius 3 is 2.83 bits per heavy atom. The van der Waals surface area contributed by atoms with Crippen LogP contribution in [-0.2, 0) is 20.7 Å². The summed E-state index contributed by atoms with van der Waals surface area (Å²) in [5.74, 6) is -0.0770. The smallest absolute Gasteiger partial charge is 0.246 e. The van der Waals surface area contributed by atoms with Crippen LogP contribution < -0.4 is 5.32 Å². The molecule has 1 N–H and O–H groups in total. The zero-order valence-corrected chi connectivity index (χ0v) is 12.0. The first-order valence-electron chi connectivity index (χ1n) is 6.03. The number of rotatable bonds is 8. The van der Waals surface area contributed by atoms with Gasteiger partial charge in [0.05, 0.1) is 13.2 Å². The van der Waals surface area contributed by atoms with Crippen molar-refractivity contribution >= 4 is 17.2 Å². The van der Waals surface area contributed by atoms with E-state index in [9.17, 15) is 4.79 Å². The summed E-state index contributed by atoms with van der Waals surface area (Å²) < 4.78 is 9.99. The number of ether oxygens (including phenoxy) is 2. The number of thiophene rings is 1. The maximum Gasteiger partial charge on any atom is 0.246 e. The van der Waals surface area contributed by atoms with Crippen molar-refractivity contribution in [3.8, 4) is 0 Å². The molecule has 0 aromatic carbocycles. The van der Waals surface area contributed by atoms with Crippen molar-refractivity contribution in [3.63, 3.8) is 0 Å². The Morgan fingerprint density at radius 1 is 1.44 bits per heavy atom. The number of hydrogen-bond donors (Lipinski definition) is 1. The second-order valence-corrected chi connectivity index (χ2v) is 5.60. The average molecular weight is 271 g/mol. The van der Waals surface area contributed by atoms with Crippen LogP contribution in [0.15, 0.2) is 12.1 Å². The van der Waals surface area contributed by atoms with Crippen molar-refractivity contribution in [3.05, 3.63) is 21.9 Å². The Labute approximate surface area is 112 Å². The summed E-state index contributed by atoms with van der Waals surface area (Å²) in [5, 5.41) is 2.92. The molecule has 0 radical (unpaired) electrons. The third-order valence-corrected chi connectivity index (χ3v) is 3.40. The third-order valence-electron chi connectivity index (χ3n) is 2.38. The highest BCUT2D eigenvalue weighted by atomic mass is 32.1. The summed E-state index contributed by atoms with van der Waals surface area (Å²) in [4.78, 5) is 14.1. The average Bonchev–Trinajstić information content (AvgIpc) is 2.70. The first-order valence-corrected chi connectivity index (χ1v) is 6.85. The molecule has 1 amide bonds. The maximum atomic E-state index is 11.5. The van der Waals surface area contributed by atoms with E-state index in [1.165, 1.54) is 9.75 Å². The molecule has 0 fully saturated rings. The minimum absolute atomic E-state index is 0.0770. The molecule has 1 atom stereocenters. The Bertz CT molecular complexity index is 365. The van der Waals surface area contributed by atoms with Crippen LogP contribution in [0.2, 0.25) is 0 Å². The van der Waals surface area contributed by atoms with E-state index in [2.05, 4.69) is 24.4 Å². The molecule has 0 spiro atoms. The molecule has 0 aliphatic carbocycles. The van der Waals surface area contributed by atoms with Crippen molar-refractivity contribution in [1.29, 1.82) is 0 Å². The molecule has 18 heavy (non-hydrogen) atoms. The van der Waals surface area contributed by atoms with Crippen molar-refractivity contribution in [2.75, 3.05) is 26.9 Å². The Morgan fingerprint density at radius 2 is 2.22 bits per heavy atom. The quantitative estimate of drug-likeness (QED) is 0.733. The fourth-order valence-corrected chi connectivity index (χ4v) is 2.59. The molecule has 0 saturated carbocycles. The number of carbonyl (C=O) groups excluding carboxylic acids is 1. The van der Waals surface area contributed by atoms with Gasteiger partial charge in [-0.25, -0.2) is 0 Å². The standard InChI is InChI=1S/C13H21NO3S/c1-10(8-12-5-4-11(2)18-12)14-13(15)9-17-7-6-16-3/h4-5,10H,6-9H2,1-3H3,(H,14,15)/t10-/m1/s1. The van der Waals surface area contributed by atoms with Gasteiger partial charge in [0.15, 0.2) is 0 Å². The van der Waals surface area contributed by atoms with Gasteiger partial charge in [-0.05, 0) is 26.0 Å². The minimum Gasteiger partial charge on any atom is -0.382 e. The van der Waals surface area contributed by atoms with Crippen molar-refractivity contribution < 1.29 is 14.3 Å². The van der Waals surface area contributed by atoms with Gasteiger partial charge in [-0.15, -0.1) is 11.3 Å². The van der Waals surface area contributed by atoms with Gasteiger partial charge in [0, 0.05) is 29.3 Å². The lowest BCUT2D eigenvalue weighted by Gasteiger charge is -2.13. The predicted molar refractivity (Wildman–Crippen MR) is 73.1 cm³/mol. The van der Waals surface area contributed by atoms with E-state index in [4.69, 9.17) is 9.47 Å². The molecule has 0 bridgehead atoms. The fraction of sp³-hybridized carbons (Fsp3) is 0.615. The van der Waals surface area contributed by atoms with E-state index in [1.54, 1.807) is 18.4 Å². The number of carbonyl (C=O) groups is 1. The van der Waals surface area contributed by atoms with E-state index in [-0.39, 0.29) is 18.6 Å². The molecule has 4 nitrogen and oxygen atoms in total. The van der Waals surface area contributed by atoms with Gasteiger partial charge in [0.25, 0.3) is 0 Å². The van der Waals surface area contributed by atoms with Gasteiger partial charge in [-0.2, -0.15) is 0 Å². The van der Waals surface area contributed by atoms with Gasteiger partial charge in [0.2, 0.25) is 5.91 Å². The Hall–Kier alpha value is -0.910. The molecule has 1 aromatic heterocycles. The molecular weight excluding hydrogens is 250 g/mol. The second kappa shape index (κ2) is 8.24. The van der Waals surface area contributed by atoms with E-state index in [1.807, 2.05) is 6.92 Å². The summed E-state index contributed by atoms with van der Waals surface area (Å²) in [6, 6.07) is 4.33. The summed E-state index contributed by atoms with van der Waals surface area (Å²) in [7, 11) is 1.61. The highest BCUT2D eigenvalue weighted by Gasteiger charge is 2.09. The lowest BCUT2D eigenvalue weighted by molar-refractivity contribution is -0.126. The number of aryl methyl sites for hydroxylation is 1. The van der Waals surface area contributed by atoms with Gasteiger partial charge < -0.3 is 14.8 Å². The highest BCUT2D eigenvalue weighted by molar-refractivity contribution is 7.11. The van der Waals surface area contributed by atoms with E-state index >= 15 is 0 Å². The summed E-state index contributed by atoms with van der Waals surface area (Å²) >= 11 is 1.77. The number of hydrogen-bond acceptors (Lipinski definition) is 4. The summed E-state index contributed by atoms with van der Waals surface area (Å²) in [5.41, 5.74) is 0. The van der Waals surface area contributed by atoms with Gasteiger partial charge in [-0.1, -0.05) is 0 Å². The minimum atomic E-state index is -0.0770. The molecule has 0 aliphatic heterocycles. The second-order valence-electron chi connectivity index (χ2n) is 4.23. The molecule has 0 saturated heterocycles. The van der Waals surface area contributed by atoms with Crippen LogP contribution in [0.25, 0.3) is 0 Å². The number of nitrogens with one attached hydrogen (secondary N) is 1. The molecule has 102 valence electrons. The van der Waals surface area contributed by atoms with Crippen LogP contribution in [-0.4, -0.2) is 38.9 Å². The van der Waals surface area contributed by atoms with Crippen LogP contribution in [0.5, 0.6) is 0 Å². The summed E-state index contributed by atoms with van der Waals surface area (Å²) in [6.45, 7) is 5.14. The topological polar surface area (TPSA) is 47.6 Å². The molecular formula is C13H21NO3S. The number of amides is 1. The van der Waals surface area contributed by atoms with Crippen molar-refractivity contribution in [1.82, 2.24) is 5.32 Å². The SMILES string of the molecule is COCCOCC(=O)N[C@H](C)Cc1ccc(C)s1. The van der Waals surface area contributed by atoms with Crippen molar-refractivity contribution in [2.45, 2.75) is 26.3 Å². The lowest BCUT2D eigenvalue weighted by atomic mass is 10.2. The lowest BCUT2D eigenvalue weighted by Crippen LogP contribution is -2.36. The summed E-state index contributed by atoms with van der Waals surface area (Å²) in [6.07, 6.45) is 0.863. The van der Waals surface area contributed by atoms with Crippen LogP contribution in [0.3, 0.4) is 0 Å². The fourth-order valence-electron chi connectivity index (χ4n) is 1.57. The maximum absolute atomic E-state index is 11.5. The van der Waals surface area contributed by atoms with E-state index < -0.39 is 0 Å². The van der Waals surface area contributed by atoms with Crippen LogP contribution >= 0.6 is 11.3 Å². The van der Waals surface area contributed by atoms with Crippen LogP contribution in [0, 0.1) is 6.92 Å². The molecule has 1 heterocycles. The molecule has 1 rings (SSSR count). The van der Waals surface area contributed by atoms with Crippen LogP contribution in [0.1, 0.15) is 16.7 Å². The van der Waals surface area contributed by atoms with Gasteiger partial charge >= 0.3 is 0 Å². The zero-order chi connectivity index (χ0) is 13.4. The van der Waals surface area contributed by atoms with E-state index in [0.717, 1.165) is 6.42 Å². The molecule has 5 heteroatoms.